The lowest BCUT2D eigenvalue weighted by Gasteiger charge is -2.07. The molecule has 5 heteroatoms. The summed E-state index contributed by atoms with van der Waals surface area (Å²) in [6.07, 6.45) is 0.361. The normalized spacial score (nSPS) is 9.79. The minimum absolute atomic E-state index is 0.205. The molecule has 4 N–H and O–H groups in total. The van der Waals surface area contributed by atoms with Gasteiger partial charge in [-0.2, -0.15) is 0 Å². The molecule has 0 aliphatic carbocycles. The Morgan fingerprint density at radius 1 is 1.50 bits per heavy atom. The molecule has 0 fully saturated rings. The predicted octanol–water partition coefficient (Wildman–Crippen LogP) is 0.935. The molecule has 0 spiro atoms. The van der Waals surface area contributed by atoms with E-state index >= 15 is 0 Å². The Morgan fingerprint density at radius 2 is 2.14 bits per heavy atom. The summed E-state index contributed by atoms with van der Waals surface area (Å²) in [5, 5.41) is 18.6. The highest BCUT2D eigenvalue weighted by Gasteiger charge is 2.09. The fourth-order valence-electron chi connectivity index (χ4n) is 1.11. The predicted molar refractivity (Wildman–Crippen MR) is 56.8 cm³/mol. The minimum atomic E-state index is -0.279. The van der Waals surface area contributed by atoms with Crippen LogP contribution in [0.2, 0.25) is 0 Å². The first-order valence-electron chi connectivity index (χ1n) is 3.91. The Kier molecular flexibility index (Phi) is 3.14. The zero-order chi connectivity index (χ0) is 10.7. The van der Waals surface area contributed by atoms with Crippen LogP contribution in [-0.2, 0) is 6.42 Å². The number of benzene rings is 1. The summed E-state index contributed by atoms with van der Waals surface area (Å²) in [4.78, 5) is 0.317. The van der Waals surface area contributed by atoms with Gasteiger partial charge in [-0.3, -0.25) is 0 Å². The molecule has 1 aromatic rings. The van der Waals surface area contributed by atoms with Gasteiger partial charge in [0.25, 0.3) is 0 Å². The van der Waals surface area contributed by atoms with Crippen LogP contribution in [0.4, 0.5) is 0 Å². The second-order valence-corrected chi connectivity index (χ2v) is 3.33. The lowest BCUT2D eigenvalue weighted by Crippen LogP contribution is -2.10. The van der Waals surface area contributed by atoms with Crippen LogP contribution in [0.1, 0.15) is 5.56 Å². The summed E-state index contributed by atoms with van der Waals surface area (Å²) in [6, 6.07) is 2.98. The molecule has 0 radical (unpaired) electrons. The standard InChI is InChI=1S/C9H11NO3S/c1-13-7-3-5(4-8(10)14)2-6(11)9(7)12/h2-3,11-12H,4H2,1H3,(H2,10,14). The average Bonchev–Trinajstić information content (AvgIpc) is 2.10. The molecule has 0 unspecified atom stereocenters. The number of phenols is 2. The van der Waals surface area contributed by atoms with Crippen molar-refractivity contribution in [1.82, 2.24) is 0 Å². The van der Waals surface area contributed by atoms with Crippen molar-refractivity contribution in [2.45, 2.75) is 6.42 Å². The Labute approximate surface area is 86.9 Å². The van der Waals surface area contributed by atoms with Crippen molar-refractivity contribution in [1.29, 1.82) is 0 Å². The summed E-state index contributed by atoms with van der Waals surface area (Å²) in [7, 11) is 1.40. The highest BCUT2D eigenvalue weighted by Crippen LogP contribution is 2.36. The van der Waals surface area contributed by atoms with Crippen LogP contribution in [0.5, 0.6) is 17.2 Å². The molecular weight excluding hydrogens is 202 g/mol. The van der Waals surface area contributed by atoms with Crippen LogP contribution in [0.15, 0.2) is 12.1 Å². The third-order valence-electron chi connectivity index (χ3n) is 1.71. The summed E-state index contributed by atoms with van der Waals surface area (Å²) >= 11 is 4.73. The van der Waals surface area contributed by atoms with E-state index in [0.29, 0.717) is 17.0 Å². The Bertz CT molecular complexity index is 365. The highest BCUT2D eigenvalue weighted by molar-refractivity contribution is 7.80. The molecule has 0 aromatic heterocycles. The van der Waals surface area contributed by atoms with E-state index in [9.17, 15) is 10.2 Å². The van der Waals surface area contributed by atoms with E-state index in [0.717, 1.165) is 0 Å². The van der Waals surface area contributed by atoms with Gasteiger partial charge in [0.1, 0.15) is 0 Å². The van der Waals surface area contributed by atoms with Gasteiger partial charge in [-0.15, -0.1) is 0 Å². The van der Waals surface area contributed by atoms with Crippen molar-refractivity contribution in [3.8, 4) is 17.2 Å². The first-order chi connectivity index (χ1) is 6.54. The number of thiocarbonyl (C=S) groups is 1. The molecule has 14 heavy (non-hydrogen) atoms. The smallest absolute Gasteiger partial charge is 0.200 e. The second-order valence-electron chi connectivity index (χ2n) is 2.81. The SMILES string of the molecule is COc1cc(CC(N)=S)cc(O)c1O. The van der Waals surface area contributed by atoms with Crippen LogP contribution < -0.4 is 10.5 Å². The van der Waals surface area contributed by atoms with Gasteiger partial charge >= 0.3 is 0 Å². The number of aromatic hydroxyl groups is 2. The molecule has 0 aliphatic rings. The summed E-state index contributed by atoms with van der Waals surface area (Å²) in [6.45, 7) is 0. The zero-order valence-electron chi connectivity index (χ0n) is 7.65. The van der Waals surface area contributed by atoms with Gasteiger partial charge < -0.3 is 20.7 Å². The Morgan fingerprint density at radius 3 is 2.64 bits per heavy atom. The lowest BCUT2D eigenvalue weighted by molar-refractivity contribution is 0.350. The zero-order valence-corrected chi connectivity index (χ0v) is 8.47. The number of phenolic OH excluding ortho intramolecular Hbond substituents is 2. The van der Waals surface area contributed by atoms with Gasteiger partial charge in [-0.1, -0.05) is 12.2 Å². The minimum Gasteiger partial charge on any atom is -0.504 e. The third kappa shape index (κ3) is 2.26. The third-order valence-corrected chi connectivity index (χ3v) is 1.86. The molecule has 0 amide bonds. The van der Waals surface area contributed by atoms with Crippen LogP contribution in [0.3, 0.4) is 0 Å². The monoisotopic (exact) mass is 213 g/mol. The quantitative estimate of drug-likeness (QED) is 0.514. The van der Waals surface area contributed by atoms with E-state index in [2.05, 4.69) is 0 Å². The molecule has 4 nitrogen and oxygen atoms in total. The molecule has 1 rings (SSSR count). The maximum Gasteiger partial charge on any atom is 0.200 e. The summed E-state index contributed by atoms with van der Waals surface area (Å²) in [5.41, 5.74) is 6.05. The fourth-order valence-corrected chi connectivity index (χ4v) is 1.27. The highest BCUT2D eigenvalue weighted by atomic mass is 32.1. The van der Waals surface area contributed by atoms with E-state index in [1.807, 2.05) is 0 Å². The molecule has 1 aromatic carbocycles. The number of hydrogen-bond donors (Lipinski definition) is 3. The van der Waals surface area contributed by atoms with E-state index in [1.165, 1.54) is 13.2 Å². The maximum absolute atomic E-state index is 9.32. The summed E-state index contributed by atoms with van der Waals surface area (Å²) in [5.74, 6) is -0.314. The fraction of sp³-hybridized carbons (Fsp3) is 0.222. The van der Waals surface area contributed by atoms with Crippen molar-refractivity contribution in [2.75, 3.05) is 7.11 Å². The first-order valence-corrected chi connectivity index (χ1v) is 4.32. The van der Waals surface area contributed by atoms with Crippen molar-refractivity contribution < 1.29 is 14.9 Å². The molecular formula is C9H11NO3S. The molecule has 0 heterocycles. The topological polar surface area (TPSA) is 75.7 Å². The number of ether oxygens (including phenoxy) is 1. The number of hydrogen-bond acceptors (Lipinski definition) is 4. The molecule has 76 valence electrons. The van der Waals surface area contributed by atoms with E-state index in [4.69, 9.17) is 22.7 Å². The van der Waals surface area contributed by atoms with Crippen LogP contribution in [-0.4, -0.2) is 22.3 Å². The van der Waals surface area contributed by atoms with Gasteiger partial charge in [-0.25, -0.2) is 0 Å². The van der Waals surface area contributed by atoms with Crippen molar-refractivity contribution in [3.63, 3.8) is 0 Å². The van der Waals surface area contributed by atoms with Gasteiger partial charge in [0.15, 0.2) is 11.5 Å². The maximum atomic E-state index is 9.32. The van der Waals surface area contributed by atoms with E-state index < -0.39 is 0 Å². The number of nitrogens with two attached hydrogens (primary N) is 1. The largest absolute Gasteiger partial charge is 0.504 e. The van der Waals surface area contributed by atoms with E-state index in [1.54, 1.807) is 6.07 Å². The Balaban J connectivity index is 3.09. The van der Waals surface area contributed by atoms with Crippen molar-refractivity contribution in [2.24, 2.45) is 5.73 Å². The lowest BCUT2D eigenvalue weighted by atomic mass is 10.1. The molecule has 0 atom stereocenters. The van der Waals surface area contributed by atoms with Gasteiger partial charge in [0.2, 0.25) is 5.75 Å². The molecule has 0 saturated carbocycles. The molecule has 0 saturated heterocycles. The number of methoxy groups -OCH3 is 1. The average molecular weight is 213 g/mol. The second kappa shape index (κ2) is 4.15. The van der Waals surface area contributed by atoms with Crippen LogP contribution in [0, 0.1) is 0 Å². The van der Waals surface area contributed by atoms with Crippen LogP contribution in [0.25, 0.3) is 0 Å². The van der Waals surface area contributed by atoms with E-state index in [-0.39, 0.29) is 17.2 Å². The Hall–Kier alpha value is -1.49. The van der Waals surface area contributed by atoms with Gasteiger partial charge in [-0.05, 0) is 17.7 Å². The van der Waals surface area contributed by atoms with Gasteiger partial charge in [0, 0.05) is 6.42 Å². The van der Waals surface area contributed by atoms with Gasteiger partial charge in [0.05, 0.1) is 12.1 Å². The molecule has 0 aliphatic heterocycles. The molecule has 0 bridgehead atoms. The number of rotatable bonds is 3. The van der Waals surface area contributed by atoms with Crippen molar-refractivity contribution >= 4 is 17.2 Å². The first kappa shape index (κ1) is 10.6. The van der Waals surface area contributed by atoms with Crippen LogP contribution >= 0.6 is 12.2 Å². The summed E-state index contributed by atoms with van der Waals surface area (Å²) < 4.78 is 4.85. The van der Waals surface area contributed by atoms with Crippen molar-refractivity contribution in [3.05, 3.63) is 17.7 Å².